The molecule has 7 nitrogen and oxygen atoms in total. The van der Waals surface area contributed by atoms with Crippen LogP contribution in [0.2, 0.25) is 0 Å². The molecular weight excluding hydrogens is 478 g/mol. The SMILES string of the molecule is COc1cc2c(cc1-c1ccccc1)C(c1cccc(C#CCNC(=O)OC(C)(C)C)c1)=NCC(=O)N2C. The standard InChI is InChI=1S/C31H31N3O4/c1-31(2,3)38-30(36)32-16-10-12-21-11-9-15-23(17-21)29-25-18-24(22-13-7-6-8-14-22)27(37-5)19-26(25)34(4)28(35)20-33-29/h6-9,11,13-15,17-19H,16,20H2,1-5H3,(H,32,36). The second-order valence-corrected chi connectivity index (χ2v) is 9.79. The first-order valence-corrected chi connectivity index (χ1v) is 12.3. The van der Waals surface area contributed by atoms with E-state index >= 15 is 0 Å². The molecule has 7 heteroatoms. The number of hydrogen-bond donors (Lipinski definition) is 1. The summed E-state index contributed by atoms with van der Waals surface area (Å²) in [4.78, 5) is 31.0. The molecule has 1 aliphatic rings. The normalized spacial score (nSPS) is 12.9. The van der Waals surface area contributed by atoms with E-state index in [-0.39, 0.29) is 19.0 Å². The summed E-state index contributed by atoms with van der Waals surface area (Å²) in [5.74, 6) is 6.60. The lowest BCUT2D eigenvalue weighted by Gasteiger charge is -2.21. The van der Waals surface area contributed by atoms with Crippen LogP contribution in [0.15, 0.2) is 71.7 Å². The van der Waals surface area contributed by atoms with Crippen LogP contribution >= 0.6 is 0 Å². The summed E-state index contributed by atoms with van der Waals surface area (Å²) in [6, 6.07) is 21.6. The molecule has 1 heterocycles. The highest BCUT2D eigenvalue weighted by atomic mass is 16.6. The number of carbonyl (C=O) groups excluding carboxylic acids is 2. The summed E-state index contributed by atoms with van der Waals surface area (Å²) in [5, 5.41) is 2.64. The van der Waals surface area contributed by atoms with Crippen LogP contribution in [0.1, 0.15) is 37.5 Å². The number of methoxy groups -OCH3 is 1. The van der Waals surface area contributed by atoms with Gasteiger partial charge in [-0.1, -0.05) is 54.3 Å². The van der Waals surface area contributed by atoms with Crippen molar-refractivity contribution < 1.29 is 19.1 Å². The number of benzene rings is 3. The number of amides is 2. The van der Waals surface area contributed by atoms with E-state index < -0.39 is 11.7 Å². The van der Waals surface area contributed by atoms with Gasteiger partial charge in [-0.3, -0.25) is 9.79 Å². The molecule has 2 amide bonds. The number of likely N-dealkylation sites (N-methyl/N-ethyl adjacent to an activating group) is 1. The highest BCUT2D eigenvalue weighted by molar-refractivity contribution is 6.20. The monoisotopic (exact) mass is 509 g/mol. The number of hydrogen-bond acceptors (Lipinski definition) is 5. The van der Waals surface area contributed by atoms with Gasteiger partial charge in [-0.25, -0.2) is 4.79 Å². The molecule has 38 heavy (non-hydrogen) atoms. The Hall–Kier alpha value is -4.57. The van der Waals surface area contributed by atoms with Crippen molar-refractivity contribution in [2.75, 3.05) is 32.1 Å². The molecule has 0 aliphatic carbocycles. The Kier molecular flexibility index (Phi) is 7.82. The van der Waals surface area contributed by atoms with Crippen LogP contribution in [0.3, 0.4) is 0 Å². The number of benzodiazepines with no additional fused rings is 1. The van der Waals surface area contributed by atoms with E-state index in [1.54, 1.807) is 19.1 Å². The second kappa shape index (κ2) is 11.2. The quantitative estimate of drug-likeness (QED) is 0.499. The van der Waals surface area contributed by atoms with Gasteiger partial charge in [0.15, 0.2) is 0 Å². The molecular formula is C31H31N3O4. The van der Waals surface area contributed by atoms with Crippen LogP contribution in [-0.4, -0.2) is 50.6 Å². The van der Waals surface area contributed by atoms with Gasteiger partial charge in [0.05, 0.1) is 25.1 Å². The van der Waals surface area contributed by atoms with Crippen molar-refractivity contribution in [2.24, 2.45) is 4.99 Å². The summed E-state index contributed by atoms with van der Waals surface area (Å²) < 4.78 is 10.9. The van der Waals surface area contributed by atoms with E-state index in [0.29, 0.717) is 11.5 Å². The molecule has 1 aliphatic heterocycles. The molecule has 0 atom stereocenters. The Balaban J connectivity index is 1.69. The van der Waals surface area contributed by atoms with Crippen molar-refractivity contribution in [2.45, 2.75) is 26.4 Å². The Morgan fingerprint density at radius 3 is 2.47 bits per heavy atom. The molecule has 3 aromatic carbocycles. The summed E-state index contributed by atoms with van der Waals surface area (Å²) >= 11 is 0. The maximum Gasteiger partial charge on any atom is 0.408 e. The lowest BCUT2D eigenvalue weighted by molar-refractivity contribution is -0.116. The fraction of sp³-hybridized carbons (Fsp3) is 0.258. The van der Waals surface area contributed by atoms with E-state index in [1.807, 2.05) is 87.5 Å². The molecule has 0 aromatic heterocycles. The number of ether oxygens (including phenoxy) is 2. The summed E-state index contributed by atoms with van der Waals surface area (Å²) in [7, 11) is 3.38. The largest absolute Gasteiger partial charge is 0.496 e. The van der Waals surface area contributed by atoms with E-state index in [0.717, 1.165) is 33.5 Å². The molecule has 0 spiro atoms. The lowest BCUT2D eigenvalue weighted by Crippen LogP contribution is -2.32. The number of fused-ring (bicyclic) bond motifs is 1. The third-order valence-electron chi connectivity index (χ3n) is 5.85. The van der Waals surface area contributed by atoms with Gasteiger partial charge in [0.1, 0.15) is 17.9 Å². The summed E-state index contributed by atoms with van der Waals surface area (Å²) in [5.41, 5.74) is 5.20. The van der Waals surface area contributed by atoms with Crippen molar-refractivity contribution in [1.29, 1.82) is 0 Å². The molecule has 0 saturated carbocycles. The zero-order chi connectivity index (χ0) is 27.3. The van der Waals surface area contributed by atoms with Crippen molar-refractivity contribution in [1.82, 2.24) is 5.32 Å². The predicted molar refractivity (Wildman–Crippen MR) is 150 cm³/mol. The van der Waals surface area contributed by atoms with Gasteiger partial charge < -0.3 is 19.7 Å². The third kappa shape index (κ3) is 6.22. The van der Waals surface area contributed by atoms with Crippen molar-refractivity contribution in [3.63, 3.8) is 0 Å². The van der Waals surface area contributed by atoms with Gasteiger partial charge in [0, 0.05) is 35.4 Å². The van der Waals surface area contributed by atoms with Gasteiger partial charge in [-0.05, 0) is 44.5 Å². The van der Waals surface area contributed by atoms with Gasteiger partial charge in [0.25, 0.3) is 0 Å². The Morgan fingerprint density at radius 1 is 1.03 bits per heavy atom. The van der Waals surface area contributed by atoms with Gasteiger partial charge in [-0.15, -0.1) is 0 Å². The lowest BCUT2D eigenvalue weighted by atomic mass is 9.94. The average molecular weight is 510 g/mol. The van der Waals surface area contributed by atoms with E-state index in [9.17, 15) is 9.59 Å². The third-order valence-corrected chi connectivity index (χ3v) is 5.85. The first kappa shape index (κ1) is 26.5. The summed E-state index contributed by atoms with van der Waals surface area (Å²) in [6.45, 7) is 5.61. The van der Waals surface area contributed by atoms with Crippen LogP contribution in [-0.2, 0) is 9.53 Å². The fourth-order valence-corrected chi connectivity index (χ4v) is 4.09. The van der Waals surface area contributed by atoms with Crippen LogP contribution in [0.4, 0.5) is 10.5 Å². The number of carbonyl (C=O) groups is 2. The molecule has 3 aromatic rings. The fourth-order valence-electron chi connectivity index (χ4n) is 4.09. The number of alkyl carbamates (subject to hydrolysis) is 1. The van der Waals surface area contributed by atoms with E-state index in [1.165, 1.54) is 0 Å². The number of rotatable bonds is 4. The molecule has 194 valence electrons. The predicted octanol–water partition coefficient (Wildman–Crippen LogP) is 5.05. The van der Waals surface area contributed by atoms with Crippen LogP contribution < -0.4 is 15.0 Å². The number of anilines is 1. The maximum absolute atomic E-state index is 12.8. The van der Waals surface area contributed by atoms with Crippen LogP contribution in [0.5, 0.6) is 5.75 Å². The minimum atomic E-state index is -0.568. The smallest absolute Gasteiger partial charge is 0.408 e. The van der Waals surface area contributed by atoms with Crippen LogP contribution in [0, 0.1) is 11.8 Å². The van der Waals surface area contributed by atoms with E-state index in [4.69, 9.17) is 14.5 Å². The highest BCUT2D eigenvalue weighted by Gasteiger charge is 2.25. The molecule has 0 saturated heterocycles. The minimum Gasteiger partial charge on any atom is -0.496 e. The highest BCUT2D eigenvalue weighted by Crippen LogP contribution is 2.38. The Morgan fingerprint density at radius 2 is 1.76 bits per heavy atom. The zero-order valence-electron chi connectivity index (χ0n) is 22.3. The molecule has 0 radical (unpaired) electrons. The number of nitrogens with one attached hydrogen (secondary N) is 1. The Bertz CT molecular complexity index is 1440. The van der Waals surface area contributed by atoms with Gasteiger partial charge >= 0.3 is 6.09 Å². The van der Waals surface area contributed by atoms with Gasteiger partial charge in [-0.2, -0.15) is 0 Å². The molecule has 4 rings (SSSR count). The Labute approximate surface area is 223 Å². The van der Waals surface area contributed by atoms with Crippen molar-refractivity contribution in [3.8, 4) is 28.7 Å². The van der Waals surface area contributed by atoms with Crippen LogP contribution in [0.25, 0.3) is 11.1 Å². The molecule has 0 bridgehead atoms. The molecule has 0 unspecified atom stereocenters. The number of nitrogens with zero attached hydrogens (tertiary/aromatic N) is 2. The van der Waals surface area contributed by atoms with Crippen molar-refractivity contribution in [3.05, 3.63) is 83.4 Å². The van der Waals surface area contributed by atoms with Gasteiger partial charge in [0.2, 0.25) is 5.91 Å². The topological polar surface area (TPSA) is 80.2 Å². The summed E-state index contributed by atoms with van der Waals surface area (Å²) in [6.07, 6.45) is -0.511. The number of aliphatic imine (C=N–C) groups is 1. The molecule has 1 N–H and O–H groups in total. The first-order chi connectivity index (χ1) is 18.2. The minimum absolute atomic E-state index is 0.0270. The maximum atomic E-state index is 12.8. The second-order valence-electron chi connectivity index (χ2n) is 9.79. The average Bonchev–Trinajstić information content (AvgIpc) is 3.01. The van der Waals surface area contributed by atoms with Crippen molar-refractivity contribution >= 4 is 23.4 Å². The zero-order valence-corrected chi connectivity index (χ0v) is 22.3. The van der Waals surface area contributed by atoms with E-state index in [2.05, 4.69) is 17.2 Å². The first-order valence-electron chi connectivity index (χ1n) is 12.3. The molecule has 0 fully saturated rings.